The molecule has 15 heavy (non-hydrogen) atoms. The first kappa shape index (κ1) is 18.1. The monoisotopic (exact) mass is 324 g/mol. The quantitative estimate of drug-likeness (QED) is 0.506. The van der Waals surface area contributed by atoms with Crippen LogP contribution >= 0.6 is 0 Å². The Labute approximate surface area is 106 Å². The molecule has 0 unspecified atom stereocenters. The third-order valence-electron chi connectivity index (χ3n) is 1.98. The average molecular weight is 323 g/mol. The van der Waals surface area contributed by atoms with Crippen molar-refractivity contribution in [2.75, 3.05) is 13.2 Å². The van der Waals surface area contributed by atoms with E-state index in [0.717, 1.165) is 12.8 Å². The van der Waals surface area contributed by atoms with E-state index in [4.69, 9.17) is 10.2 Å². The van der Waals surface area contributed by atoms with Crippen LogP contribution in [0.2, 0.25) is 8.87 Å². The Bertz CT molecular complexity index is 79.7. The molecule has 0 aliphatic rings. The first-order valence-electron chi connectivity index (χ1n) is 6.25. The van der Waals surface area contributed by atoms with Gasteiger partial charge in [-0.05, 0) is 12.8 Å². The van der Waals surface area contributed by atoms with E-state index in [1.807, 2.05) is 0 Å². The number of hydrogen-bond acceptors (Lipinski definition) is 2. The summed E-state index contributed by atoms with van der Waals surface area (Å²) in [6, 6.07) is 0. The Hall–Kier alpha value is 0.719. The zero-order chi connectivity index (χ0) is 11.8. The first-order chi connectivity index (χ1) is 7.33. The molecule has 0 aromatic heterocycles. The van der Waals surface area contributed by atoms with Crippen molar-refractivity contribution in [1.82, 2.24) is 0 Å². The zero-order valence-electron chi connectivity index (χ0n) is 10.5. The molecule has 0 heterocycles. The van der Waals surface area contributed by atoms with Gasteiger partial charge in [0.15, 0.2) is 0 Å². The third kappa shape index (κ3) is 25.2. The molecule has 0 fully saturated rings. The summed E-state index contributed by atoms with van der Waals surface area (Å²) in [6.45, 7) is 4.97. The van der Waals surface area contributed by atoms with Gasteiger partial charge in [-0.1, -0.05) is 0 Å². The maximum absolute atomic E-state index is 8.09. The predicted octanol–water partition coefficient (Wildman–Crippen LogP) is 2.88. The summed E-state index contributed by atoms with van der Waals surface area (Å²) in [6.07, 6.45) is 7.28. The van der Waals surface area contributed by atoms with Gasteiger partial charge in [0.1, 0.15) is 0 Å². The summed E-state index contributed by atoms with van der Waals surface area (Å²) in [4.78, 5) is 0. The summed E-state index contributed by atoms with van der Waals surface area (Å²) in [7, 11) is 0. The molecule has 0 amide bonds. The van der Waals surface area contributed by atoms with E-state index in [-0.39, 0.29) is 34.4 Å². The summed E-state index contributed by atoms with van der Waals surface area (Å²) >= 11 is 0.149. The fraction of sp³-hybridized carbons (Fsp3) is 1.00. The maximum Gasteiger partial charge on any atom is 0.0431 e. The van der Waals surface area contributed by atoms with E-state index in [0.29, 0.717) is 0 Å². The molecule has 0 saturated heterocycles. The summed E-state index contributed by atoms with van der Waals surface area (Å²) in [5, 5.41) is 16.2. The van der Waals surface area contributed by atoms with Gasteiger partial charge in [-0.2, -0.15) is 0 Å². The third-order valence-corrected chi connectivity index (χ3v) is 6.02. The van der Waals surface area contributed by atoms with E-state index in [1.165, 1.54) is 25.7 Å². The molecule has 0 aromatic carbocycles. The summed E-state index contributed by atoms with van der Waals surface area (Å²) in [5.74, 6) is 0. The smallest absolute Gasteiger partial charge is 0.0431 e. The van der Waals surface area contributed by atoms with Crippen molar-refractivity contribution in [3.8, 4) is 0 Å². The zero-order valence-corrected chi connectivity index (χ0v) is 13.3. The van der Waals surface area contributed by atoms with Crippen molar-refractivity contribution in [3.63, 3.8) is 0 Å². The van der Waals surface area contributed by atoms with Crippen LogP contribution in [0, 0.1) is 0 Å². The second kappa shape index (κ2) is 20.2. The minimum atomic E-state index is 0.149. The molecule has 2 radical (unpaired) electrons. The molecule has 3 heteroatoms. The Kier molecular flexibility index (Phi) is 24.3. The first-order valence-corrected chi connectivity index (χ1v) is 10.3. The molecule has 0 rings (SSSR count). The SMILES string of the molecule is CCC[CH2][Sn][CH2]CCC.OCCCCO. The maximum atomic E-state index is 8.09. The van der Waals surface area contributed by atoms with E-state index in [9.17, 15) is 0 Å². The van der Waals surface area contributed by atoms with Crippen molar-refractivity contribution < 1.29 is 10.2 Å². The Balaban J connectivity index is 0. The molecule has 0 atom stereocenters. The summed E-state index contributed by atoms with van der Waals surface area (Å²) < 4.78 is 3.25. The predicted molar refractivity (Wildman–Crippen MR) is 68.6 cm³/mol. The summed E-state index contributed by atoms with van der Waals surface area (Å²) in [5.41, 5.74) is 0. The van der Waals surface area contributed by atoms with Crippen molar-refractivity contribution in [2.45, 2.75) is 61.2 Å². The van der Waals surface area contributed by atoms with Crippen LogP contribution in [-0.2, 0) is 0 Å². The van der Waals surface area contributed by atoms with Gasteiger partial charge in [0.2, 0.25) is 0 Å². The van der Waals surface area contributed by atoms with Gasteiger partial charge < -0.3 is 10.2 Å². The van der Waals surface area contributed by atoms with Crippen molar-refractivity contribution in [1.29, 1.82) is 0 Å². The van der Waals surface area contributed by atoms with Crippen molar-refractivity contribution in [2.24, 2.45) is 0 Å². The minimum absolute atomic E-state index is 0.149. The van der Waals surface area contributed by atoms with Crippen LogP contribution in [0.15, 0.2) is 0 Å². The molecular weight excluding hydrogens is 295 g/mol. The molecule has 0 bridgehead atoms. The van der Waals surface area contributed by atoms with Crippen LogP contribution in [0.3, 0.4) is 0 Å². The van der Waals surface area contributed by atoms with E-state index in [1.54, 1.807) is 8.87 Å². The number of hydrogen-bond donors (Lipinski definition) is 2. The standard InChI is InChI=1S/C4H10O2.2C4H9.Sn/c5-3-1-2-4-6;2*1-3-4-2;/h5-6H,1-4H2;2*1,3-4H2,2H3;. The van der Waals surface area contributed by atoms with E-state index in [2.05, 4.69) is 13.8 Å². The molecule has 92 valence electrons. The molecule has 0 aromatic rings. The Morgan fingerprint density at radius 1 is 0.733 bits per heavy atom. The van der Waals surface area contributed by atoms with Gasteiger partial charge in [-0.25, -0.2) is 0 Å². The van der Waals surface area contributed by atoms with Gasteiger partial charge in [0.25, 0.3) is 0 Å². The van der Waals surface area contributed by atoms with Crippen LogP contribution in [0.25, 0.3) is 0 Å². The largest absolute Gasteiger partial charge is 0.396 e. The molecular formula is C12H28O2Sn. The van der Waals surface area contributed by atoms with Gasteiger partial charge in [-0.15, -0.1) is 0 Å². The number of unbranched alkanes of at least 4 members (excludes halogenated alkanes) is 3. The number of aliphatic hydroxyl groups is 2. The molecule has 0 aliphatic heterocycles. The molecule has 2 N–H and O–H groups in total. The van der Waals surface area contributed by atoms with Crippen molar-refractivity contribution >= 4 is 21.1 Å². The average Bonchev–Trinajstić information content (AvgIpc) is 2.27. The molecule has 0 spiro atoms. The number of aliphatic hydroxyl groups excluding tert-OH is 2. The fourth-order valence-corrected chi connectivity index (χ4v) is 5.11. The van der Waals surface area contributed by atoms with Gasteiger partial charge in [-0.3, -0.25) is 0 Å². The van der Waals surface area contributed by atoms with Gasteiger partial charge >= 0.3 is 69.5 Å². The second-order valence-electron chi connectivity index (χ2n) is 3.61. The van der Waals surface area contributed by atoms with Crippen LogP contribution in [0.5, 0.6) is 0 Å². The molecule has 0 saturated carbocycles. The topological polar surface area (TPSA) is 40.5 Å². The van der Waals surface area contributed by atoms with Gasteiger partial charge in [0, 0.05) is 13.2 Å². The van der Waals surface area contributed by atoms with Gasteiger partial charge in [0.05, 0.1) is 0 Å². The van der Waals surface area contributed by atoms with Crippen LogP contribution in [0.4, 0.5) is 0 Å². The van der Waals surface area contributed by atoms with E-state index >= 15 is 0 Å². The van der Waals surface area contributed by atoms with Crippen LogP contribution in [-0.4, -0.2) is 44.6 Å². The molecule has 0 aliphatic carbocycles. The van der Waals surface area contributed by atoms with E-state index < -0.39 is 0 Å². The molecule has 2 nitrogen and oxygen atoms in total. The van der Waals surface area contributed by atoms with Crippen LogP contribution < -0.4 is 0 Å². The Morgan fingerprint density at radius 2 is 1.13 bits per heavy atom. The fourth-order valence-electron chi connectivity index (χ4n) is 0.952. The number of rotatable bonds is 9. The van der Waals surface area contributed by atoms with Crippen molar-refractivity contribution in [3.05, 3.63) is 0 Å². The minimum Gasteiger partial charge on any atom is -0.396 e. The second-order valence-corrected chi connectivity index (χ2v) is 7.89. The van der Waals surface area contributed by atoms with Crippen LogP contribution in [0.1, 0.15) is 52.4 Å². The normalized spacial score (nSPS) is 9.60. The Morgan fingerprint density at radius 3 is 1.40 bits per heavy atom.